The lowest BCUT2D eigenvalue weighted by atomic mass is 9.97. The highest BCUT2D eigenvalue weighted by Crippen LogP contribution is 2.31. The number of hydrogen-bond donors (Lipinski definition) is 2. The lowest BCUT2D eigenvalue weighted by Crippen LogP contribution is -2.41. The summed E-state index contributed by atoms with van der Waals surface area (Å²) in [5.41, 5.74) is -0.439. The Morgan fingerprint density at radius 3 is 2.15 bits per heavy atom. The van der Waals surface area contributed by atoms with Gasteiger partial charge in [0.2, 0.25) is 15.9 Å². The maximum atomic E-state index is 12.9. The van der Waals surface area contributed by atoms with Crippen LogP contribution in [0, 0.1) is 5.92 Å². The van der Waals surface area contributed by atoms with Crippen molar-refractivity contribution in [1.29, 1.82) is 0 Å². The van der Waals surface area contributed by atoms with Gasteiger partial charge in [-0.15, -0.1) is 0 Å². The van der Waals surface area contributed by atoms with Crippen LogP contribution in [-0.4, -0.2) is 40.1 Å². The van der Waals surface area contributed by atoms with Gasteiger partial charge in [-0.3, -0.25) is 9.52 Å². The van der Waals surface area contributed by atoms with Crippen molar-refractivity contribution >= 4 is 60.5 Å². The molecule has 0 saturated carbocycles. The van der Waals surface area contributed by atoms with E-state index in [1.54, 1.807) is 6.07 Å². The normalized spacial score (nSPS) is 15.4. The van der Waals surface area contributed by atoms with Gasteiger partial charge in [0.15, 0.2) is 0 Å². The van der Waals surface area contributed by atoms with Gasteiger partial charge in [0.25, 0.3) is 10.0 Å². The smallest absolute Gasteiger partial charge is 0.326 e. The molecule has 1 aliphatic rings. The first-order valence-corrected chi connectivity index (χ1v) is 16.0. The molecular formula is C26H24Cl2F3N3O5S2. The molecule has 1 aliphatic heterocycles. The molecule has 8 nitrogen and oxygen atoms in total. The molecule has 220 valence electrons. The van der Waals surface area contributed by atoms with Crippen LogP contribution in [0.3, 0.4) is 0 Å². The molecule has 0 radical (unpaired) electrons. The number of amides is 1. The number of sulfonamides is 2. The van der Waals surface area contributed by atoms with Crippen molar-refractivity contribution in [2.24, 2.45) is 5.92 Å². The number of nitrogens with zero attached hydrogens (tertiary/aromatic N) is 1. The molecule has 0 aliphatic carbocycles. The third-order valence-electron chi connectivity index (χ3n) is 6.43. The van der Waals surface area contributed by atoms with Crippen LogP contribution < -0.4 is 10.0 Å². The van der Waals surface area contributed by atoms with Crippen LogP contribution in [0.15, 0.2) is 71.6 Å². The van der Waals surface area contributed by atoms with E-state index in [2.05, 4.69) is 10.0 Å². The fourth-order valence-corrected chi connectivity index (χ4v) is 7.18. The topological polar surface area (TPSA) is 113 Å². The number of piperidine rings is 1. The minimum atomic E-state index is -4.63. The van der Waals surface area contributed by atoms with Gasteiger partial charge in [-0.1, -0.05) is 35.3 Å². The Hall–Kier alpha value is -2.84. The second kappa shape index (κ2) is 12.2. The van der Waals surface area contributed by atoms with E-state index in [1.807, 2.05) is 0 Å². The molecule has 0 unspecified atom stereocenters. The van der Waals surface area contributed by atoms with Crippen LogP contribution >= 0.6 is 23.2 Å². The summed E-state index contributed by atoms with van der Waals surface area (Å²) < 4.78 is 93.3. The molecule has 1 fully saturated rings. The van der Waals surface area contributed by atoms with Gasteiger partial charge < -0.3 is 5.32 Å². The van der Waals surface area contributed by atoms with Gasteiger partial charge in [0.1, 0.15) is 0 Å². The zero-order valence-corrected chi connectivity index (χ0v) is 24.3. The zero-order valence-electron chi connectivity index (χ0n) is 21.2. The number of halogens is 5. The third-order valence-corrected chi connectivity index (χ3v) is 10.4. The summed E-state index contributed by atoms with van der Waals surface area (Å²) in [6.45, 7) is 0.306. The van der Waals surface area contributed by atoms with Gasteiger partial charge in [-0.05, 0) is 73.0 Å². The summed E-state index contributed by atoms with van der Waals surface area (Å²) in [4.78, 5) is 12.6. The van der Waals surface area contributed by atoms with Crippen molar-refractivity contribution in [2.45, 2.75) is 29.7 Å². The molecule has 0 bridgehead atoms. The van der Waals surface area contributed by atoms with E-state index < -0.39 is 37.7 Å². The molecule has 2 N–H and O–H groups in total. The summed E-state index contributed by atoms with van der Waals surface area (Å²) in [6, 6.07) is 13.6. The average Bonchev–Trinajstić information content (AvgIpc) is 2.90. The van der Waals surface area contributed by atoms with E-state index >= 15 is 0 Å². The van der Waals surface area contributed by atoms with Crippen molar-refractivity contribution in [3.05, 3.63) is 87.9 Å². The molecule has 0 aromatic heterocycles. The summed E-state index contributed by atoms with van der Waals surface area (Å²) in [6.07, 6.45) is -4.04. The first-order chi connectivity index (χ1) is 19.1. The first-order valence-electron chi connectivity index (χ1n) is 12.2. The molecule has 41 heavy (non-hydrogen) atoms. The SMILES string of the molecule is O=C(Nc1ccc(S(=O)(=O)Nc2cccc(C(F)(F)F)c2)cc1)C1CCN(S(=O)(=O)Cc2ccc(Cl)c(Cl)c2)CC1. The Kier molecular flexibility index (Phi) is 9.24. The lowest BCUT2D eigenvalue weighted by molar-refractivity contribution is -0.137. The van der Waals surface area contributed by atoms with Gasteiger partial charge in [-0.25, -0.2) is 21.1 Å². The number of carbonyl (C=O) groups is 1. The predicted octanol–water partition coefficient (Wildman–Crippen LogP) is 5.99. The Bertz CT molecular complexity index is 1640. The highest BCUT2D eigenvalue weighted by atomic mass is 35.5. The van der Waals surface area contributed by atoms with Crippen LogP contribution in [0.25, 0.3) is 0 Å². The Morgan fingerprint density at radius 2 is 1.54 bits per heavy atom. The molecule has 1 heterocycles. The monoisotopic (exact) mass is 649 g/mol. The lowest BCUT2D eigenvalue weighted by Gasteiger charge is -2.30. The van der Waals surface area contributed by atoms with Crippen LogP contribution in [0.2, 0.25) is 10.0 Å². The van der Waals surface area contributed by atoms with Gasteiger partial charge in [-0.2, -0.15) is 13.2 Å². The molecule has 3 aromatic carbocycles. The van der Waals surface area contributed by atoms with Crippen LogP contribution in [0.4, 0.5) is 24.5 Å². The van der Waals surface area contributed by atoms with Crippen molar-refractivity contribution in [3.8, 4) is 0 Å². The second-order valence-electron chi connectivity index (χ2n) is 9.38. The molecule has 4 rings (SSSR count). The molecule has 1 saturated heterocycles. The highest BCUT2D eigenvalue weighted by molar-refractivity contribution is 7.92. The molecule has 0 atom stereocenters. The maximum Gasteiger partial charge on any atom is 0.416 e. The largest absolute Gasteiger partial charge is 0.416 e. The molecular weight excluding hydrogens is 626 g/mol. The molecule has 1 amide bonds. The predicted molar refractivity (Wildman–Crippen MR) is 151 cm³/mol. The minimum Gasteiger partial charge on any atom is -0.326 e. The zero-order chi connectivity index (χ0) is 30.0. The number of anilines is 2. The number of hydrogen-bond acceptors (Lipinski definition) is 5. The summed E-state index contributed by atoms with van der Waals surface area (Å²) in [7, 11) is -7.84. The summed E-state index contributed by atoms with van der Waals surface area (Å²) in [5, 5.41) is 3.27. The van der Waals surface area contributed by atoms with Gasteiger partial charge >= 0.3 is 6.18 Å². The van der Waals surface area contributed by atoms with Crippen LogP contribution in [0.1, 0.15) is 24.0 Å². The fourth-order valence-electron chi connectivity index (χ4n) is 4.26. The Labute approximate surface area is 245 Å². The van der Waals surface area contributed by atoms with E-state index in [9.17, 15) is 34.8 Å². The van der Waals surface area contributed by atoms with Gasteiger partial charge in [0.05, 0.1) is 26.3 Å². The maximum absolute atomic E-state index is 12.9. The first kappa shape index (κ1) is 31.1. The van der Waals surface area contributed by atoms with Crippen molar-refractivity contribution in [3.63, 3.8) is 0 Å². The number of benzene rings is 3. The van der Waals surface area contributed by atoms with E-state index in [1.165, 1.54) is 46.8 Å². The minimum absolute atomic E-state index is 0.153. The summed E-state index contributed by atoms with van der Waals surface area (Å²) in [5.74, 6) is -1.06. The van der Waals surface area contributed by atoms with E-state index in [4.69, 9.17) is 23.2 Å². The van der Waals surface area contributed by atoms with Crippen LogP contribution in [-0.2, 0) is 36.8 Å². The van der Waals surface area contributed by atoms with Crippen molar-refractivity contribution < 1.29 is 34.8 Å². The Morgan fingerprint density at radius 1 is 0.878 bits per heavy atom. The quantitative estimate of drug-likeness (QED) is 0.311. The summed E-state index contributed by atoms with van der Waals surface area (Å²) >= 11 is 11.9. The second-order valence-corrected chi connectivity index (χ2v) is 13.8. The highest BCUT2D eigenvalue weighted by Gasteiger charge is 2.32. The Balaban J connectivity index is 1.32. The van der Waals surface area contributed by atoms with Gasteiger partial charge in [0, 0.05) is 30.4 Å². The standard InChI is InChI=1S/C26H24Cl2F3N3O5S2/c27-23-9-4-17(14-24(23)28)16-40(36,37)34-12-10-18(11-13-34)25(35)32-20-5-7-22(8-6-20)41(38,39)33-21-3-1-2-19(15-21)26(29,30)31/h1-9,14-15,18,33H,10-13,16H2,(H,32,35). The molecule has 15 heteroatoms. The molecule has 3 aromatic rings. The number of carbonyl (C=O) groups excluding carboxylic acids is 1. The van der Waals surface area contributed by atoms with Crippen molar-refractivity contribution in [1.82, 2.24) is 4.31 Å². The third kappa shape index (κ3) is 7.92. The van der Waals surface area contributed by atoms with E-state index in [-0.39, 0.29) is 40.4 Å². The average molecular weight is 651 g/mol. The van der Waals surface area contributed by atoms with Crippen LogP contribution in [0.5, 0.6) is 0 Å². The number of rotatable bonds is 8. The number of alkyl halides is 3. The number of nitrogens with one attached hydrogen (secondary N) is 2. The van der Waals surface area contributed by atoms with E-state index in [0.717, 1.165) is 12.1 Å². The fraction of sp³-hybridized carbons (Fsp3) is 0.269. The van der Waals surface area contributed by atoms with E-state index in [0.29, 0.717) is 35.2 Å². The van der Waals surface area contributed by atoms with Crippen molar-refractivity contribution in [2.75, 3.05) is 23.1 Å². The molecule has 0 spiro atoms.